The smallest absolute Gasteiger partial charge is 0.318 e. The third-order valence-electron chi connectivity index (χ3n) is 4.52. The van der Waals surface area contributed by atoms with Crippen molar-refractivity contribution in [2.24, 2.45) is 0 Å². The van der Waals surface area contributed by atoms with E-state index in [2.05, 4.69) is 29.6 Å². The van der Waals surface area contributed by atoms with Gasteiger partial charge >= 0.3 is 6.03 Å². The number of carbonyl (C=O) groups is 1. The van der Waals surface area contributed by atoms with Gasteiger partial charge in [0.2, 0.25) is 0 Å². The molecule has 1 saturated carbocycles. The molecule has 0 aromatic heterocycles. The van der Waals surface area contributed by atoms with Gasteiger partial charge in [0.15, 0.2) is 0 Å². The van der Waals surface area contributed by atoms with Crippen LogP contribution in [0.25, 0.3) is 0 Å². The summed E-state index contributed by atoms with van der Waals surface area (Å²) in [5.41, 5.74) is 1.15. The average Bonchev–Trinajstić information content (AvgIpc) is 2.44. The number of carbonyl (C=O) groups excluding carboxylic acids is 1. The van der Waals surface area contributed by atoms with Crippen molar-refractivity contribution in [1.29, 1.82) is 0 Å². The van der Waals surface area contributed by atoms with Crippen molar-refractivity contribution >= 4 is 6.03 Å². The maximum absolute atomic E-state index is 12.4. The van der Waals surface area contributed by atoms with Crippen LogP contribution in [-0.4, -0.2) is 24.0 Å². The second kappa shape index (κ2) is 5.24. The molecular formula is C16H22N2O. The minimum absolute atomic E-state index is 0.101. The molecule has 3 rings (SSSR count). The van der Waals surface area contributed by atoms with E-state index < -0.39 is 0 Å². The molecule has 0 unspecified atom stereocenters. The molecule has 19 heavy (non-hydrogen) atoms. The van der Waals surface area contributed by atoms with Crippen LogP contribution < -0.4 is 5.32 Å². The van der Waals surface area contributed by atoms with Gasteiger partial charge in [-0.15, -0.1) is 0 Å². The van der Waals surface area contributed by atoms with E-state index in [1.165, 1.54) is 18.4 Å². The Bertz CT molecular complexity index is 433. The molecule has 0 radical (unpaired) electrons. The Balaban J connectivity index is 1.71. The molecule has 1 aliphatic carbocycles. The molecule has 1 aliphatic heterocycles. The number of benzene rings is 1. The first kappa shape index (κ1) is 12.5. The van der Waals surface area contributed by atoms with Crippen LogP contribution in [-0.2, 0) is 5.54 Å². The Hall–Kier alpha value is -1.51. The minimum atomic E-state index is -0.101. The van der Waals surface area contributed by atoms with Crippen molar-refractivity contribution in [1.82, 2.24) is 10.2 Å². The number of rotatable bonds is 2. The van der Waals surface area contributed by atoms with Crippen LogP contribution in [0.15, 0.2) is 30.3 Å². The van der Waals surface area contributed by atoms with Crippen LogP contribution in [0.1, 0.15) is 44.1 Å². The Morgan fingerprint density at radius 2 is 1.68 bits per heavy atom. The maximum Gasteiger partial charge on any atom is 0.318 e. The summed E-state index contributed by atoms with van der Waals surface area (Å²) in [6.07, 6.45) is 6.88. The molecule has 2 fully saturated rings. The molecule has 102 valence electrons. The fourth-order valence-electron chi connectivity index (χ4n) is 3.15. The Labute approximate surface area is 115 Å². The molecule has 2 amide bonds. The first-order valence-electron chi connectivity index (χ1n) is 7.43. The third kappa shape index (κ3) is 2.46. The van der Waals surface area contributed by atoms with Crippen LogP contribution >= 0.6 is 0 Å². The summed E-state index contributed by atoms with van der Waals surface area (Å²) in [6, 6.07) is 10.5. The van der Waals surface area contributed by atoms with Crippen LogP contribution in [0.5, 0.6) is 0 Å². The maximum atomic E-state index is 12.4. The number of hydrogen-bond acceptors (Lipinski definition) is 1. The van der Waals surface area contributed by atoms with E-state index in [1.807, 2.05) is 11.0 Å². The second-order valence-electron chi connectivity index (χ2n) is 5.78. The van der Waals surface area contributed by atoms with E-state index in [9.17, 15) is 4.79 Å². The van der Waals surface area contributed by atoms with Crippen LogP contribution in [0, 0.1) is 0 Å². The van der Waals surface area contributed by atoms with E-state index in [-0.39, 0.29) is 11.6 Å². The molecule has 1 heterocycles. The predicted octanol–water partition coefficient (Wildman–Crippen LogP) is 3.26. The van der Waals surface area contributed by atoms with E-state index >= 15 is 0 Å². The monoisotopic (exact) mass is 258 g/mol. The highest BCUT2D eigenvalue weighted by Gasteiger charge is 2.40. The lowest BCUT2D eigenvalue weighted by Gasteiger charge is -2.44. The summed E-state index contributed by atoms with van der Waals surface area (Å²) in [7, 11) is 0. The number of nitrogens with one attached hydrogen (secondary N) is 1. The molecule has 3 heteroatoms. The molecule has 1 N–H and O–H groups in total. The number of amides is 2. The lowest BCUT2D eigenvalue weighted by atomic mass is 9.72. The van der Waals surface area contributed by atoms with Gasteiger partial charge in [-0.1, -0.05) is 30.3 Å². The third-order valence-corrected chi connectivity index (χ3v) is 4.52. The van der Waals surface area contributed by atoms with Crippen LogP contribution in [0.4, 0.5) is 4.79 Å². The summed E-state index contributed by atoms with van der Waals surface area (Å²) in [5, 5.41) is 3.30. The molecular weight excluding hydrogens is 236 g/mol. The summed E-state index contributed by atoms with van der Waals surface area (Å²) >= 11 is 0. The number of urea groups is 1. The van der Waals surface area contributed by atoms with Crippen molar-refractivity contribution in [3.63, 3.8) is 0 Å². The van der Waals surface area contributed by atoms with Gasteiger partial charge in [-0.25, -0.2) is 4.79 Å². The zero-order valence-corrected chi connectivity index (χ0v) is 11.4. The van der Waals surface area contributed by atoms with Crippen molar-refractivity contribution in [3.8, 4) is 0 Å². The summed E-state index contributed by atoms with van der Waals surface area (Å²) in [6.45, 7) is 1.83. The standard InChI is InChI=1S/C16H22N2O/c19-15(18-12-5-2-6-13-18)17-16(10-7-11-16)14-8-3-1-4-9-14/h1,3-4,8-9H,2,5-7,10-13H2,(H,17,19). The number of hydrogen-bond donors (Lipinski definition) is 1. The van der Waals surface area contributed by atoms with E-state index in [0.29, 0.717) is 0 Å². The summed E-state index contributed by atoms with van der Waals surface area (Å²) < 4.78 is 0. The van der Waals surface area contributed by atoms with Gasteiger partial charge in [0.05, 0.1) is 5.54 Å². The molecule has 3 nitrogen and oxygen atoms in total. The highest BCUT2D eigenvalue weighted by Crippen LogP contribution is 2.41. The van der Waals surface area contributed by atoms with Crippen molar-refractivity contribution in [2.75, 3.05) is 13.1 Å². The Morgan fingerprint density at radius 1 is 1.00 bits per heavy atom. The Kier molecular flexibility index (Phi) is 3.45. The minimum Gasteiger partial charge on any atom is -0.328 e. The highest BCUT2D eigenvalue weighted by molar-refractivity contribution is 5.75. The van der Waals surface area contributed by atoms with Gasteiger partial charge in [0, 0.05) is 13.1 Å². The molecule has 0 spiro atoms. The van der Waals surface area contributed by atoms with E-state index in [1.54, 1.807) is 0 Å². The van der Waals surface area contributed by atoms with Crippen molar-refractivity contribution < 1.29 is 4.79 Å². The van der Waals surface area contributed by atoms with Gasteiger partial charge in [-0.2, -0.15) is 0 Å². The zero-order chi connectivity index (χ0) is 13.1. The molecule has 0 atom stereocenters. The largest absolute Gasteiger partial charge is 0.328 e. The van der Waals surface area contributed by atoms with E-state index in [0.717, 1.165) is 38.8 Å². The first-order valence-corrected chi connectivity index (χ1v) is 7.43. The Morgan fingerprint density at radius 3 is 2.26 bits per heavy atom. The fraction of sp³-hybridized carbons (Fsp3) is 0.562. The van der Waals surface area contributed by atoms with Gasteiger partial charge < -0.3 is 10.2 Å². The van der Waals surface area contributed by atoms with Crippen molar-refractivity contribution in [2.45, 2.75) is 44.1 Å². The summed E-state index contributed by atoms with van der Waals surface area (Å²) in [5.74, 6) is 0. The van der Waals surface area contributed by atoms with Gasteiger partial charge in [0.25, 0.3) is 0 Å². The summed E-state index contributed by atoms with van der Waals surface area (Å²) in [4.78, 5) is 14.4. The van der Waals surface area contributed by atoms with Gasteiger partial charge in [-0.3, -0.25) is 0 Å². The molecule has 2 aliphatic rings. The fourth-order valence-corrected chi connectivity index (χ4v) is 3.15. The van der Waals surface area contributed by atoms with E-state index in [4.69, 9.17) is 0 Å². The average molecular weight is 258 g/mol. The van der Waals surface area contributed by atoms with Crippen LogP contribution in [0.2, 0.25) is 0 Å². The van der Waals surface area contributed by atoms with Gasteiger partial charge in [-0.05, 0) is 44.1 Å². The first-order chi connectivity index (χ1) is 9.30. The molecule has 1 aromatic rings. The second-order valence-corrected chi connectivity index (χ2v) is 5.78. The van der Waals surface area contributed by atoms with Gasteiger partial charge in [0.1, 0.15) is 0 Å². The van der Waals surface area contributed by atoms with Crippen molar-refractivity contribution in [3.05, 3.63) is 35.9 Å². The zero-order valence-electron chi connectivity index (χ0n) is 11.4. The topological polar surface area (TPSA) is 32.3 Å². The molecule has 0 bridgehead atoms. The molecule has 1 saturated heterocycles. The highest BCUT2D eigenvalue weighted by atomic mass is 16.2. The number of piperidine rings is 1. The van der Waals surface area contributed by atoms with Crippen LogP contribution in [0.3, 0.4) is 0 Å². The predicted molar refractivity (Wildman–Crippen MR) is 75.9 cm³/mol. The quantitative estimate of drug-likeness (QED) is 0.867. The lowest BCUT2D eigenvalue weighted by molar-refractivity contribution is 0.143. The number of likely N-dealkylation sites (tertiary alicyclic amines) is 1. The number of nitrogens with zero attached hydrogens (tertiary/aromatic N) is 1. The molecule has 1 aromatic carbocycles. The SMILES string of the molecule is O=C(NC1(c2ccccc2)CCC1)N1CCCCC1. The lowest BCUT2D eigenvalue weighted by Crippen LogP contribution is -2.55. The normalized spacial score (nSPS) is 21.6.